The van der Waals surface area contributed by atoms with Crippen LogP contribution in [0.2, 0.25) is 0 Å². The van der Waals surface area contributed by atoms with Gasteiger partial charge in [0, 0.05) is 49.3 Å². The first-order chi connectivity index (χ1) is 23.3. The van der Waals surface area contributed by atoms with Gasteiger partial charge in [-0.25, -0.2) is 4.98 Å². The van der Waals surface area contributed by atoms with Crippen LogP contribution in [0.25, 0.3) is 93.7 Å². The first-order valence-electron chi connectivity index (χ1n) is 16.1. The second kappa shape index (κ2) is 9.09. The minimum absolute atomic E-state index is 0.972. The lowest BCUT2D eigenvalue weighted by Crippen LogP contribution is -1.98. The van der Waals surface area contributed by atoms with Crippen molar-refractivity contribution >= 4 is 71.1 Å². The van der Waals surface area contributed by atoms with Crippen LogP contribution in [0.1, 0.15) is 0 Å². The molecular weight excluding hydrogens is 573 g/mol. The van der Waals surface area contributed by atoms with Gasteiger partial charge in [0.25, 0.3) is 0 Å². The summed E-state index contributed by atoms with van der Waals surface area (Å²) in [6.45, 7) is 0. The van der Waals surface area contributed by atoms with Crippen molar-refractivity contribution in [3.63, 3.8) is 0 Å². The molecular formula is C43H26N4. The highest BCUT2D eigenvalue weighted by molar-refractivity contribution is 6.24. The van der Waals surface area contributed by atoms with Gasteiger partial charge in [-0.05, 0) is 48.5 Å². The molecule has 0 amide bonds. The van der Waals surface area contributed by atoms with Crippen LogP contribution < -0.4 is 0 Å². The maximum absolute atomic E-state index is 5.15. The maximum Gasteiger partial charge on any atom is 0.138 e. The zero-order chi connectivity index (χ0) is 30.6. The lowest BCUT2D eigenvalue weighted by molar-refractivity contribution is 1.15. The number of hydrogen-bond donors (Lipinski definition) is 0. The second-order valence-corrected chi connectivity index (χ2v) is 12.4. The zero-order valence-corrected chi connectivity index (χ0v) is 25.3. The molecule has 11 aromatic rings. The predicted octanol–water partition coefficient (Wildman–Crippen LogP) is 10.9. The van der Waals surface area contributed by atoms with E-state index >= 15 is 0 Å². The molecule has 5 aromatic heterocycles. The Morgan fingerprint density at radius 3 is 1.62 bits per heavy atom. The molecule has 218 valence electrons. The van der Waals surface area contributed by atoms with E-state index in [1.54, 1.807) is 0 Å². The van der Waals surface area contributed by atoms with Gasteiger partial charge in [-0.1, -0.05) is 109 Å². The van der Waals surface area contributed by atoms with Gasteiger partial charge in [-0.15, -0.1) is 0 Å². The molecule has 4 heteroatoms. The first-order valence-corrected chi connectivity index (χ1v) is 16.1. The van der Waals surface area contributed by atoms with E-state index < -0.39 is 0 Å². The van der Waals surface area contributed by atoms with Crippen molar-refractivity contribution in [3.05, 3.63) is 158 Å². The van der Waals surface area contributed by atoms with E-state index in [1.165, 1.54) is 59.9 Å². The number of pyridine rings is 1. The van der Waals surface area contributed by atoms with E-state index in [-0.39, 0.29) is 0 Å². The molecule has 0 fully saturated rings. The molecule has 0 aliphatic heterocycles. The van der Waals surface area contributed by atoms with Crippen LogP contribution in [-0.2, 0) is 0 Å². The normalized spacial score (nSPS) is 12.3. The predicted molar refractivity (Wildman–Crippen MR) is 196 cm³/mol. The van der Waals surface area contributed by atoms with E-state index in [0.717, 1.165) is 33.8 Å². The monoisotopic (exact) mass is 598 g/mol. The summed E-state index contributed by atoms with van der Waals surface area (Å²) in [5.41, 5.74) is 12.6. The molecule has 0 aliphatic carbocycles. The molecule has 11 rings (SSSR count). The largest absolute Gasteiger partial charge is 0.307 e. The number of imidazole rings is 1. The lowest BCUT2D eigenvalue weighted by Gasteiger charge is -2.13. The van der Waals surface area contributed by atoms with Gasteiger partial charge in [0.05, 0.1) is 38.8 Å². The summed E-state index contributed by atoms with van der Waals surface area (Å²) in [5.74, 6) is 0. The smallest absolute Gasteiger partial charge is 0.138 e. The molecule has 5 heterocycles. The summed E-state index contributed by atoms with van der Waals surface area (Å²) >= 11 is 0. The van der Waals surface area contributed by atoms with Crippen LogP contribution in [-0.4, -0.2) is 18.5 Å². The van der Waals surface area contributed by atoms with Gasteiger partial charge in [0.2, 0.25) is 0 Å². The number of para-hydroxylation sites is 3. The number of rotatable bonds is 3. The Morgan fingerprint density at radius 2 is 0.915 bits per heavy atom. The number of fused-ring (bicyclic) bond motifs is 10. The fourth-order valence-electron chi connectivity index (χ4n) is 8.05. The standard InChI is InChI=1S/C43H26N4/c1-3-12-27(13-4-1)40-41-35-26-29(22-23-32(35)38-20-11-21-39(44-40)47(38)41)46-37-19-10-8-17-31(37)34-25-24-33-30-16-7-9-18-36(30)45(42(33)43(34)46)28-14-5-2-6-15-28/h1-26H. The highest BCUT2D eigenvalue weighted by atomic mass is 15.1. The minimum atomic E-state index is 0.972. The minimum Gasteiger partial charge on any atom is -0.307 e. The quantitative estimate of drug-likeness (QED) is 0.199. The molecule has 0 atom stereocenters. The van der Waals surface area contributed by atoms with Gasteiger partial charge in [0.1, 0.15) is 5.65 Å². The van der Waals surface area contributed by atoms with Crippen molar-refractivity contribution in [3.8, 4) is 22.6 Å². The Balaban J connectivity index is 1.32. The number of hydrogen-bond acceptors (Lipinski definition) is 1. The molecule has 0 spiro atoms. The van der Waals surface area contributed by atoms with Crippen LogP contribution >= 0.6 is 0 Å². The number of aromatic nitrogens is 4. The second-order valence-electron chi connectivity index (χ2n) is 12.4. The summed E-state index contributed by atoms with van der Waals surface area (Å²) in [4.78, 5) is 5.15. The van der Waals surface area contributed by atoms with Crippen molar-refractivity contribution < 1.29 is 0 Å². The van der Waals surface area contributed by atoms with E-state index in [4.69, 9.17) is 4.98 Å². The SMILES string of the molecule is c1ccc(-c2nc3cccc4c5ccc(-n6c7ccccc7c7ccc8c9ccccc9n(-c9ccccc9)c8c76)cc5c2n34)cc1. The Hall–Kier alpha value is -6.39. The lowest BCUT2D eigenvalue weighted by atomic mass is 10.1. The summed E-state index contributed by atoms with van der Waals surface area (Å²) in [6.07, 6.45) is 0. The van der Waals surface area contributed by atoms with Gasteiger partial charge < -0.3 is 9.13 Å². The Morgan fingerprint density at radius 1 is 0.362 bits per heavy atom. The summed E-state index contributed by atoms with van der Waals surface area (Å²) in [6, 6.07) is 56.9. The third-order valence-electron chi connectivity index (χ3n) is 9.97. The van der Waals surface area contributed by atoms with Crippen molar-refractivity contribution in [1.29, 1.82) is 0 Å². The highest BCUT2D eigenvalue weighted by Crippen LogP contribution is 2.43. The van der Waals surface area contributed by atoms with Gasteiger partial charge in [-0.2, -0.15) is 0 Å². The summed E-state index contributed by atoms with van der Waals surface area (Å²) in [5, 5.41) is 7.43. The van der Waals surface area contributed by atoms with Crippen molar-refractivity contribution in [2.75, 3.05) is 0 Å². The average molecular weight is 599 g/mol. The van der Waals surface area contributed by atoms with Crippen molar-refractivity contribution in [2.45, 2.75) is 0 Å². The fraction of sp³-hybridized carbons (Fsp3) is 0. The molecule has 0 saturated carbocycles. The Kier molecular flexibility index (Phi) is 4.81. The number of benzene rings is 6. The summed E-state index contributed by atoms with van der Waals surface area (Å²) < 4.78 is 7.25. The fourth-order valence-corrected chi connectivity index (χ4v) is 8.05. The molecule has 0 N–H and O–H groups in total. The number of nitrogens with zero attached hydrogens (tertiary/aromatic N) is 4. The van der Waals surface area contributed by atoms with Gasteiger partial charge in [0.15, 0.2) is 0 Å². The molecule has 0 aliphatic rings. The molecule has 6 aromatic carbocycles. The zero-order valence-electron chi connectivity index (χ0n) is 25.3. The third kappa shape index (κ3) is 3.23. The molecule has 4 nitrogen and oxygen atoms in total. The topological polar surface area (TPSA) is 27.2 Å². The molecule has 0 bridgehead atoms. The molecule has 0 radical (unpaired) electrons. The highest BCUT2D eigenvalue weighted by Gasteiger charge is 2.23. The molecule has 47 heavy (non-hydrogen) atoms. The van der Waals surface area contributed by atoms with Crippen LogP contribution in [0.5, 0.6) is 0 Å². The summed E-state index contributed by atoms with van der Waals surface area (Å²) in [7, 11) is 0. The van der Waals surface area contributed by atoms with Crippen LogP contribution in [0, 0.1) is 0 Å². The Bertz CT molecular complexity index is 3000. The van der Waals surface area contributed by atoms with E-state index in [1.807, 2.05) is 0 Å². The van der Waals surface area contributed by atoms with Gasteiger partial charge >= 0.3 is 0 Å². The van der Waals surface area contributed by atoms with E-state index in [9.17, 15) is 0 Å². The van der Waals surface area contributed by atoms with Crippen molar-refractivity contribution in [2.24, 2.45) is 0 Å². The molecule has 0 unspecified atom stereocenters. The van der Waals surface area contributed by atoms with E-state index in [2.05, 4.69) is 171 Å². The van der Waals surface area contributed by atoms with Crippen LogP contribution in [0.3, 0.4) is 0 Å². The third-order valence-corrected chi connectivity index (χ3v) is 9.97. The maximum atomic E-state index is 5.15. The van der Waals surface area contributed by atoms with Gasteiger partial charge in [-0.3, -0.25) is 4.40 Å². The van der Waals surface area contributed by atoms with Crippen LogP contribution in [0.4, 0.5) is 0 Å². The van der Waals surface area contributed by atoms with Crippen LogP contribution in [0.15, 0.2) is 158 Å². The van der Waals surface area contributed by atoms with E-state index in [0.29, 0.717) is 0 Å². The first kappa shape index (κ1) is 24.9. The average Bonchev–Trinajstić information content (AvgIpc) is 3.88. The molecule has 0 saturated heterocycles. The van der Waals surface area contributed by atoms with Crippen molar-refractivity contribution in [1.82, 2.24) is 18.5 Å². The Labute approximate surface area is 269 Å².